The predicted octanol–water partition coefficient (Wildman–Crippen LogP) is 17.5. The zero-order valence-electron chi connectivity index (χ0n) is 42.0. The van der Waals surface area contributed by atoms with Crippen molar-refractivity contribution < 1.29 is 28.6 Å². The van der Waals surface area contributed by atoms with Gasteiger partial charge in [-0.3, -0.25) is 14.4 Å². The summed E-state index contributed by atoms with van der Waals surface area (Å²) in [6.45, 7) is 6.26. The molecule has 0 amide bonds. The van der Waals surface area contributed by atoms with E-state index in [4.69, 9.17) is 14.2 Å². The Bertz CT molecular complexity index is 1360. The van der Waals surface area contributed by atoms with Gasteiger partial charge in [0.25, 0.3) is 0 Å². The van der Waals surface area contributed by atoms with E-state index < -0.39 is 6.10 Å². The highest BCUT2D eigenvalue weighted by Gasteiger charge is 2.19. The first-order valence-electron chi connectivity index (χ1n) is 26.4. The van der Waals surface area contributed by atoms with E-state index in [0.717, 1.165) is 148 Å². The van der Waals surface area contributed by atoms with E-state index in [1.54, 1.807) is 0 Å². The summed E-state index contributed by atoms with van der Waals surface area (Å²) in [4.78, 5) is 38.0. The second kappa shape index (κ2) is 52.7. The molecule has 1 atom stereocenters. The quantitative estimate of drug-likeness (QED) is 0.0262. The molecule has 0 fully saturated rings. The fourth-order valence-corrected chi connectivity index (χ4v) is 6.90. The number of carbonyl (C=O) groups excluding carboxylic acids is 3. The first-order chi connectivity index (χ1) is 32.0. The minimum atomic E-state index is -0.801. The van der Waals surface area contributed by atoms with E-state index in [1.807, 2.05) is 0 Å². The molecule has 6 nitrogen and oxygen atoms in total. The van der Waals surface area contributed by atoms with Gasteiger partial charge in [-0.1, -0.05) is 201 Å². The van der Waals surface area contributed by atoms with Crippen LogP contribution in [0.1, 0.15) is 226 Å². The molecule has 0 heterocycles. The van der Waals surface area contributed by atoms with E-state index in [9.17, 15) is 14.4 Å². The number of allylic oxidation sites excluding steroid dienone is 18. The summed E-state index contributed by atoms with van der Waals surface area (Å²) in [6, 6.07) is 0. The van der Waals surface area contributed by atoms with Gasteiger partial charge in [-0.25, -0.2) is 0 Å². The van der Waals surface area contributed by atoms with Crippen molar-refractivity contribution in [1.29, 1.82) is 0 Å². The summed E-state index contributed by atoms with van der Waals surface area (Å²) in [5.41, 5.74) is 0. The largest absolute Gasteiger partial charge is 0.462 e. The van der Waals surface area contributed by atoms with Crippen molar-refractivity contribution in [3.8, 4) is 0 Å². The molecule has 6 heteroatoms. The summed E-state index contributed by atoms with van der Waals surface area (Å²) < 4.78 is 16.8. The lowest BCUT2D eigenvalue weighted by Gasteiger charge is -2.18. The van der Waals surface area contributed by atoms with Crippen molar-refractivity contribution in [1.82, 2.24) is 0 Å². The molecule has 368 valence electrons. The van der Waals surface area contributed by atoms with Gasteiger partial charge in [0.15, 0.2) is 6.10 Å². The number of hydrogen-bond donors (Lipinski definition) is 0. The van der Waals surface area contributed by atoms with Crippen molar-refractivity contribution in [2.24, 2.45) is 0 Å². The zero-order valence-corrected chi connectivity index (χ0v) is 42.0. The van der Waals surface area contributed by atoms with Crippen LogP contribution in [0.25, 0.3) is 0 Å². The molecule has 0 saturated heterocycles. The Morgan fingerprint density at radius 1 is 0.308 bits per heavy atom. The van der Waals surface area contributed by atoms with Crippen molar-refractivity contribution in [2.45, 2.75) is 232 Å². The molecule has 0 aromatic carbocycles. The molecule has 65 heavy (non-hydrogen) atoms. The van der Waals surface area contributed by atoms with Gasteiger partial charge < -0.3 is 14.2 Å². The molecule has 0 bridgehead atoms. The second-order valence-electron chi connectivity index (χ2n) is 17.0. The monoisotopic (exact) mass is 901 g/mol. The van der Waals surface area contributed by atoms with Crippen LogP contribution in [-0.2, 0) is 28.6 Å². The fraction of sp³-hybridized carbons (Fsp3) is 0.644. The Labute approximate surface area is 400 Å². The normalized spacial score (nSPS) is 13.0. The molecular weight excluding hydrogens is 805 g/mol. The Hall–Kier alpha value is -3.93. The third-order valence-electron chi connectivity index (χ3n) is 10.8. The Balaban J connectivity index is 4.45. The molecule has 0 radical (unpaired) electrons. The molecule has 0 aliphatic rings. The third-order valence-corrected chi connectivity index (χ3v) is 10.8. The van der Waals surface area contributed by atoms with Crippen LogP contribution in [0.3, 0.4) is 0 Å². The van der Waals surface area contributed by atoms with Crippen LogP contribution >= 0.6 is 0 Å². The maximum atomic E-state index is 12.8. The van der Waals surface area contributed by atoms with Crippen molar-refractivity contribution in [2.75, 3.05) is 13.2 Å². The Morgan fingerprint density at radius 2 is 0.554 bits per heavy atom. The molecule has 0 aliphatic heterocycles. The fourth-order valence-electron chi connectivity index (χ4n) is 6.90. The first kappa shape index (κ1) is 61.1. The van der Waals surface area contributed by atoms with Crippen LogP contribution in [0.5, 0.6) is 0 Å². The maximum Gasteiger partial charge on any atom is 0.306 e. The molecule has 1 unspecified atom stereocenters. The highest BCUT2D eigenvalue weighted by molar-refractivity contribution is 5.71. The van der Waals surface area contributed by atoms with Gasteiger partial charge in [-0.15, -0.1) is 0 Å². The number of ether oxygens (including phenoxy) is 3. The van der Waals surface area contributed by atoms with Crippen LogP contribution < -0.4 is 0 Å². The number of hydrogen-bond acceptors (Lipinski definition) is 6. The Kier molecular flexibility index (Phi) is 49.5. The SMILES string of the molecule is CC/C=C\C/C=C\C/C=C\C/C=C\CCCCCCCCC(=O)OCC(COC(=O)CCCCCCCCC/C=C\C/C=C\CC)OC(=O)CCCCCC/C=C\C/C=C\C/C=C\CC. The van der Waals surface area contributed by atoms with Crippen LogP contribution in [0.2, 0.25) is 0 Å². The van der Waals surface area contributed by atoms with Crippen LogP contribution in [-0.4, -0.2) is 37.2 Å². The van der Waals surface area contributed by atoms with Gasteiger partial charge in [-0.2, -0.15) is 0 Å². The topological polar surface area (TPSA) is 78.9 Å². The van der Waals surface area contributed by atoms with Gasteiger partial charge in [0.05, 0.1) is 0 Å². The van der Waals surface area contributed by atoms with Gasteiger partial charge >= 0.3 is 17.9 Å². The average molecular weight is 901 g/mol. The van der Waals surface area contributed by atoms with Gasteiger partial charge in [0.2, 0.25) is 0 Å². The predicted molar refractivity (Wildman–Crippen MR) is 279 cm³/mol. The summed E-state index contributed by atoms with van der Waals surface area (Å²) in [5.74, 6) is -0.947. The van der Waals surface area contributed by atoms with Gasteiger partial charge in [-0.05, 0) is 116 Å². The molecular formula is C59H96O6. The summed E-state index contributed by atoms with van der Waals surface area (Å²) >= 11 is 0. The van der Waals surface area contributed by atoms with Crippen molar-refractivity contribution >= 4 is 17.9 Å². The van der Waals surface area contributed by atoms with E-state index in [0.29, 0.717) is 19.3 Å². The second-order valence-corrected chi connectivity index (χ2v) is 17.0. The molecule has 0 aromatic rings. The zero-order chi connectivity index (χ0) is 47.2. The van der Waals surface area contributed by atoms with Gasteiger partial charge in [0.1, 0.15) is 13.2 Å². The summed E-state index contributed by atoms with van der Waals surface area (Å²) in [6.07, 6.45) is 70.7. The minimum absolute atomic E-state index is 0.0981. The van der Waals surface area contributed by atoms with E-state index >= 15 is 0 Å². The maximum absolute atomic E-state index is 12.8. The van der Waals surface area contributed by atoms with Crippen molar-refractivity contribution in [3.05, 3.63) is 109 Å². The molecule has 0 aliphatic carbocycles. The number of unbranched alkanes of at least 4 members (excludes halogenated alkanes) is 17. The van der Waals surface area contributed by atoms with E-state index in [2.05, 4.69) is 130 Å². The average Bonchev–Trinajstić information content (AvgIpc) is 3.30. The van der Waals surface area contributed by atoms with Crippen LogP contribution in [0, 0.1) is 0 Å². The van der Waals surface area contributed by atoms with E-state index in [1.165, 1.54) is 38.5 Å². The summed E-state index contributed by atoms with van der Waals surface area (Å²) in [5, 5.41) is 0. The molecule has 0 aromatic heterocycles. The molecule has 0 N–H and O–H groups in total. The first-order valence-corrected chi connectivity index (χ1v) is 26.4. The highest BCUT2D eigenvalue weighted by atomic mass is 16.6. The number of rotatable bonds is 46. The van der Waals surface area contributed by atoms with E-state index in [-0.39, 0.29) is 31.1 Å². The lowest BCUT2D eigenvalue weighted by atomic mass is 10.1. The lowest BCUT2D eigenvalue weighted by Crippen LogP contribution is -2.30. The summed E-state index contributed by atoms with van der Waals surface area (Å²) in [7, 11) is 0. The number of carbonyl (C=O) groups is 3. The molecule has 0 saturated carbocycles. The minimum Gasteiger partial charge on any atom is -0.462 e. The standard InChI is InChI=1S/C59H96O6/c1-4-7-10-13-16-19-22-25-28-29-30-31-32-35-37-40-43-46-49-52-58(61)64-55-56(65-59(62)53-50-47-44-41-38-34-27-24-21-18-15-12-9-6-3)54-63-57(60)51-48-45-42-39-36-33-26-23-20-17-14-11-8-5-2/h7-12,16-21,25,27-28,30-31,34,56H,4-6,13-15,22-24,26,29,32-33,35-55H2,1-3H3/b10-7-,11-8-,12-9-,19-16-,20-17-,21-18-,28-25-,31-30-,34-27-. The third kappa shape index (κ3) is 50.9. The van der Waals surface area contributed by atoms with Crippen LogP contribution in [0.4, 0.5) is 0 Å². The smallest absolute Gasteiger partial charge is 0.306 e. The highest BCUT2D eigenvalue weighted by Crippen LogP contribution is 2.14. The number of esters is 3. The van der Waals surface area contributed by atoms with Crippen molar-refractivity contribution in [3.63, 3.8) is 0 Å². The lowest BCUT2D eigenvalue weighted by molar-refractivity contribution is -0.167. The van der Waals surface area contributed by atoms with Crippen LogP contribution in [0.15, 0.2) is 109 Å². The molecule has 0 rings (SSSR count). The van der Waals surface area contributed by atoms with Gasteiger partial charge in [0, 0.05) is 19.3 Å². The molecule has 0 spiro atoms. The Morgan fingerprint density at radius 3 is 0.862 bits per heavy atom.